The van der Waals surface area contributed by atoms with Crippen LogP contribution in [0.1, 0.15) is 32.4 Å². The Hall–Kier alpha value is -1.61. The molecule has 1 aliphatic heterocycles. The molecule has 1 aromatic heterocycles. The summed E-state index contributed by atoms with van der Waals surface area (Å²) in [5.74, 6) is 0.239. The van der Waals surface area contributed by atoms with Crippen molar-refractivity contribution in [3.63, 3.8) is 0 Å². The van der Waals surface area contributed by atoms with E-state index in [1.807, 2.05) is 0 Å². The van der Waals surface area contributed by atoms with Gasteiger partial charge < -0.3 is 15.0 Å². The van der Waals surface area contributed by atoms with Gasteiger partial charge in [0.15, 0.2) is 5.69 Å². The molecule has 0 aromatic carbocycles. The third kappa shape index (κ3) is 6.28. The number of aromatic nitrogens is 2. The van der Waals surface area contributed by atoms with Crippen molar-refractivity contribution in [1.82, 2.24) is 14.9 Å². The molecule has 1 aliphatic rings. The van der Waals surface area contributed by atoms with Crippen LogP contribution in [0, 0.1) is 0 Å². The molecule has 1 N–H and O–H groups in total. The highest BCUT2D eigenvalue weighted by Crippen LogP contribution is 2.30. The molecule has 0 amide bonds. The molecule has 1 saturated heterocycles. The van der Waals surface area contributed by atoms with E-state index in [1.165, 1.54) is 4.90 Å². The number of hydrogen-bond acceptors (Lipinski definition) is 6. The molecule has 0 radical (unpaired) electrons. The van der Waals surface area contributed by atoms with E-state index >= 15 is 0 Å². The average molecular weight is 375 g/mol. The van der Waals surface area contributed by atoms with Gasteiger partial charge in [-0.05, 0) is 33.2 Å². The fourth-order valence-electron chi connectivity index (χ4n) is 3.02. The number of rotatable bonds is 7. The van der Waals surface area contributed by atoms with Crippen LogP contribution < -0.4 is 10.2 Å². The van der Waals surface area contributed by atoms with Crippen molar-refractivity contribution in [2.24, 2.45) is 0 Å². The van der Waals surface area contributed by atoms with E-state index in [9.17, 15) is 13.2 Å². The lowest BCUT2D eigenvalue weighted by atomic mass is 10.2. The third-order valence-corrected chi connectivity index (χ3v) is 4.14. The highest BCUT2D eigenvalue weighted by atomic mass is 19.4. The highest BCUT2D eigenvalue weighted by molar-refractivity contribution is 5.44. The first-order valence-electron chi connectivity index (χ1n) is 8.90. The Labute approximate surface area is 152 Å². The summed E-state index contributed by atoms with van der Waals surface area (Å²) in [5.41, 5.74) is -0.935. The molecule has 0 saturated carbocycles. The molecule has 2 atom stereocenters. The van der Waals surface area contributed by atoms with Crippen molar-refractivity contribution in [2.45, 2.75) is 45.1 Å². The van der Waals surface area contributed by atoms with Crippen LogP contribution in [0.5, 0.6) is 0 Å². The van der Waals surface area contributed by atoms with Gasteiger partial charge in [-0.2, -0.15) is 18.2 Å². The zero-order valence-electron chi connectivity index (χ0n) is 15.8. The summed E-state index contributed by atoms with van der Waals surface area (Å²) >= 11 is 0. The lowest BCUT2D eigenvalue weighted by Crippen LogP contribution is -2.45. The predicted octanol–water partition coefficient (Wildman–Crippen LogP) is 2.86. The molecule has 9 heteroatoms. The minimum Gasteiger partial charge on any atom is -0.373 e. The van der Waals surface area contributed by atoms with Crippen molar-refractivity contribution in [3.05, 3.63) is 11.8 Å². The lowest BCUT2D eigenvalue weighted by molar-refractivity contribution is -0.141. The summed E-state index contributed by atoms with van der Waals surface area (Å²) in [4.78, 5) is 11.6. The summed E-state index contributed by atoms with van der Waals surface area (Å²) in [5, 5.41) is 2.92. The number of halogens is 3. The van der Waals surface area contributed by atoms with E-state index in [1.54, 1.807) is 14.1 Å². The minimum absolute atomic E-state index is 0.0112. The van der Waals surface area contributed by atoms with Gasteiger partial charge in [0.05, 0.1) is 12.2 Å². The van der Waals surface area contributed by atoms with Crippen molar-refractivity contribution >= 4 is 11.8 Å². The number of unbranched alkanes of at least 4 members (excludes halogenated alkanes) is 1. The number of nitrogens with zero attached hydrogens (tertiary/aromatic N) is 4. The zero-order valence-corrected chi connectivity index (χ0v) is 15.8. The number of anilines is 2. The SMILES string of the molecule is C[C@H]1CN(CCCCNc2nc(N(C)C)cc(C(F)(F)F)n2)C[C@H](C)O1. The normalized spacial score (nSPS) is 21.7. The third-order valence-electron chi connectivity index (χ3n) is 4.14. The number of hydrogen-bond donors (Lipinski definition) is 1. The van der Waals surface area contributed by atoms with Gasteiger partial charge >= 0.3 is 6.18 Å². The molecule has 1 fully saturated rings. The van der Waals surface area contributed by atoms with Gasteiger partial charge in [-0.25, -0.2) is 4.98 Å². The predicted molar refractivity (Wildman–Crippen MR) is 95.5 cm³/mol. The highest BCUT2D eigenvalue weighted by Gasteiger charge is 2.34. The number of ether oxygens (including phenoxy) is 1. The number of alkyl halides is 3. The lowest BCUT2D eigenvalue weighted by Gasteiger charge is -2.35. The molecule has 6 nitrogen and oxygen atoms in total. The Balaban J connectivity index is 1.82. The topological polar surface area (TPSA) is 53.5 Å². The second kappa shape index (κ2) is 8.85. The quantitative estimate of drug-likeness (QED) is 0.740. The second-order valence-corrected chi connectivity index (χ2v) is 6.98. The Kier molecular flexibility index (Phi) is 7.05. The molecule has 26 heavy (non-hydrogen) atoms. The van der Waals surface area contributed by atoms with Crippen molar-refractivity contribution in [1.29, 1.82) is 0 Å². The molecular weight excluding hydrogens is 347 g/mol. The second-order valence-electron chi connectivity index (χ2n) is 6.98. The molecule has 0 aliphatic carbocycles. The Morgan fingerprint density at radius 2 is 1.85 bits per heavy atom. The maximum Gasteiger partial charge on any atom is 0.433 e. The van der Waals surface area contributed by atoms with E-state index in [-0.39, 0.29) is 24.0 Å². The monoisotopic (exact) mass is 375 g/mol. The van der Waals surface area contributed by atoms with E-state index in [0.29, 0.717) is 6.54 Å². The van der Waals surface area contributed by atoms with Gasteiger partial charge in [-0.15, -0.1) is 0 Å². The van der Waals surface area contributed by atoms with Gasteiger partial charge in [-0.3, -0.25) is 4.90 Å². The smallest absolute Gasteiger partial charge is 0.373 e. The van der Waals surface area contributed by atoms with Crippen LogP contribution in [0.2, 0.25) is 0 Å². The fourth-order valence-corrected chi connectivity index (χ4v) is 3.02. The fraction of sp³-hybridized carbons (Fsp3) is 0.765. The van der Waals surface area contributed by atoms with E-state index in [4.69, 9.17) is 4.74 Å². The summed E-state index contributed by atoms with van der Waals surface area (Å²) in [6.45, 7) is 7.45. The Bertz CT molecular complexity index is 572. The van der Waals surface area contributed by atoms with Gasteiger partial charge in [0, 0.05) is 39.8 Å². The Morgan fingerprint density at radius 1 is 1.19 bits per heavy atom. The van der Waals surface area contributed by atoms with Gasteiger partial charge in [0.2, 0.25) is 5.95 Å². The van der Waals surface area contributed by atoms with Crippen LogP contribution in [0.25, 0.3) is 0 Å². The molecule has 1 aromatic rings. The van der Waals surface area contributed by atoms with Crippen LogP contribution in [0.15, 0.2) is 6.07 Å². The van der Waals surface area contributed by atoms with Crippen molar-refractivity contribution in [3.8, 4) is 0 Å². The summed E-state index contributed by atoms with van der Waals surface area (Å²) in [7, 11) is 3.30. The van der Waals surface area contributed by atoms with Gasteiger partial charge in [-0.1, -0.05) is 0 Å². The maximum atomic E-state index is 13.0. The van der Waals surface area contributed by atoms with Crippen molar-refractivity contribution in [2.75, 3.05) is 50.5 Å². The molecule has 0 bridgehead atoms. The summed E-state index contributed by atoms with van der Waals surface area (Å²) < 4.78 is 44.6. The first-order chi connectivity index (χ1) is 12.1. The molecule has 2 heterocycles. The van der Waals surface area contributed by atoms with Gasteiger partial charge in [0.1, 0.15) is 5.82 Å². The van der Waals surface area contributed by atoms with Gasteiger partial charge in [0.25, 0.3) is 0 Å². The van der Waals surface area contributed by atoms with E-state index in [2.05, 4.69) is 34.0 Å². The molecular formula is C17H28F3N5O. The first kappa shape index (κ1) is 20.7. The van der Waals surface area contributed by atoms with Crippen LogP contribution >= 0.6 is 0 Å². The number of nitrogens with one attached hydrogen (secondary N) is 1. The van der Waals surface area contributed by atoms with E-state index in [0.717, 1.165) is 38.5 Å². The zero-order chi connectivity index (χ0) is 19.3. The standard InChI is InChI=1S/C17H28F3N5O/c1-12-10-25(11-13(2)26-12)8-6-5-7-21-16-22-14(17(18,19)20)9-15(23-16)24(3)4/h9,12-13H,5-8,10-11H2,1-4H3,(H,21,22,23)/t12-,13-/m0/s1. The first-order valence-corrected chi connectivity index (χ1v) is 8.90. The van der Waals surface area contributed by atoms with Crippen LogP contribution in [-0.4, -0.2) is 67.4 Å². The summed E-state index contributed by atoms with van der Waals surface area (Å²) in [6.07, 6.45) is -2.24. The molecule has 0 spiro atoms. The Morgan fingerprint density at radius 3 is 2.42 bits per heavy atom. The average Bonchev–Trinajstić information content (AvgIpc) is 2.52. The summed E-state index contributed by atoms with van der Waals surface area (Å²) in [6, 6.07) is 0.950. The van der Waals surface area contributed by atoms with Crippen LogP contribution in [0.3, 0.4) is 0 Å². The molecule has 2 rings (SSSR count). The van der Waals surface area contributed by atoms with Crippen molar-refractivity contribution < 1.29 is 17.9 Å². The molecule has 148 valence electrons. The minimum atomic E-state index is -4.49. The van der Waals surface area contributed by atoms with E-state index < -0.39 is 11.9 Å². The largest absolute Gasteiger partial charge is 0.433 e. The van der Waals surface area contributed by atoms with Crippen LogP contribution in [0.4, 0.5) is 24.9 Å². The number of morpholine rings is 1. The maximum absolute atomic E-state index is 13.0. The van der Waals surface area contributed by atoms with Crippen LogP contribution in [-0.2, 0) is 10.9 Å². The molecule has 0 unspecified atom stereocenters.